The fourth-order valence-electron chi connectivity index (χ4n) is 3.26. The van der Waals surface area contributed by atoms with Crippen molar-refractivity contribution in [3.05, 3.63) is 48.5 Å². The van der Waals surface area contributed by atoms with Crippen molar-refractivity contribution in [2.75, 3.05) is 57.2 Å². The van der Waals surface area contributed by atoms with E-state index in [4.69, 9.17) is 9.47 Å². The molecule has 3 rings (SSSR count). The molecule has 0 unspecified atom stereocenters. The molecule has 1 aliphatic rings. The molecule has 0 aromatic heterocycles. The van der Waals surface area contributed by atoms with Gasteiger partial charge in [0, 0.05) is 11.8 Å². The Labute approximate surface area is 154 Å². The zero-order valence-corrected chi connectivity index (χ0v) is 15.3. The number of carbonyl (C=O) groups excluding carboxylic acids is 1. The average molecular weight is 356 g/mol. The number of nitrogens with one attached hydrogen (secondary N) is 2. The number of para-hydroxylation sites is 2. The zero-order valence-electron chi connectivity index (χ0n) is 15.3. The van der Waals surface area contributed by atoms with Gasteiger partial charge in [0.1, 0.15) is 11.5 Å². The zero-order chi connectivity index (χ0) is 18.4. The van der Waals surface area contributed by atoms with Crippen molar-refractivity contribution in [2.24, 2.45) is 0 Å². The van der Waals surface area contributed by atoms with Gasteiger partial charge < -0.3 is 24.6 Å². The van der Waals surface area contributed by atoms with Gasteiger partial charge in [-0.05, 0) is 24.3 Å². The lowest BCUT2D eigenvalue weighted by Crippen LogP contribution is -3.15. The molecule has 2 N–H and O–H groups in total. The van der Waals surface area contributed by atoms with Gasteiger partial charge in [0.05, 0.1) is 46.1 Å². The molecule has 0 radical (unpaired) electrons. The van der Waals surface area contributed by atoms with Gasteiger partial charge in [0.15, 0.2) is 6.54 Å². The lowest BCUT2D eigenvalue weighted by Gasteiger charge is -2.34. The van der Waals surface area contributed by atoms with Crippen LogP contribution in [-0.2, 0) is 4.79 Å². The van der Waals surface area contributed by atoms with E-state index in [1.54, 1.807) is 14.2 Å². The maximum absolute atomic E-state index is 12.3. The molecule has 2 aromatic carbocycles. The molecule has 138 valence electrons. The summed E-state index contributed by atoms with van der Waals surface area (Å²) in [5.41, 5.74) is 1.89. The maximum atomic E-state index is 12.3. The monoisotopic (exact) mass is 356 g/mol. The highest BCUT2D eigenvalue weighted by Gasteiger charge is 2.23. The molecular formula is C20H26N3O3+. The van der Waals surface area contributed by atoms with Crippen molar-refractivity contribution in [1.82, 2.24) is 0 Å². The van der Waals surface area contributed by atoms with Gasteiger partial charge in [-0.25, -0.2) is 0 Å². The number of hydrogen-bond donors (Lipinski definition) is 2. The van der Waals surface area contributed by atoms with Crippen LogP contribution in [0.3, 0.4) is 0 Å². The lowest BCUT2D eigenvalue weighted by molar-refractivity contribution is -0.892. The van der Waals surface area contributed by atoms with E-state index in [-0.39, 0.29) is 5.91 Å². The summed E-state index contributed by atoms with van der Waals surface area (Å²) in [6, 6.07) is 15.5. The highest BCUT2D eigenvalue weighted by Crippen LogP contribution is 2.27. The van der Waals surface area contributed by atoms with Crippen molar-refractivity contribution < 1.29 is 19.2 Å². The summed E-state index contributed by atoms with van der Waals surface area (Å²) in [6.45, 7) is 4.12. The molecule has 0 atom stereocenters. The quantitative estimate of drug-likeness (QED) is 0.812. The number of benzene rings is 2. The number of piperazine rings is 1. The third-order valence-corrected chi connectivity index (χ3v) is 4.66. The second kappa shape index (κ2) is 8.58. The minimum absolute atomic E-state index is 0.0268. The number of hydrogen-bond acceptors (Lipinski definition) is 4. The number of carbonyl (C=O) groups is 1. The summed E-state index contributed by atoms with van der Waals surface area (Å²) in [7, 11) is 3.32. The van der Waals surface area contributed by atoms with Crippen LogP contribution in [0.2, 0.25) is 0 Å². The van der Waals surface area contributed by atoms with Crippen LogP contribution in [0, 0.1) is 0 Å². The molecule has 0 bridgehead atoms. The van der Waals surface area contributed by atoms with Crippen molar-refractivity contribution in [2.45, 2.75) is 0 Å². The first-order valence-electron chi connectivity index (χ1n) is 8.85. The highest BCUT2D eigenvalue weighted by atomic mass is 16.5. The molecule has 1 heterocycles. The minimum Gasteiger partial charge on any atom is -0.497 e. The molecule has 0 saturated carbocycles. The van der Waals surface area contributed by atoms with Crippen LogP contribution in [0.1, 0.15) is 0 Å². The number of anilines is 2. The van der Waals surface area contributed by atoms with Crippen LogP contribution < -0.4 is 24.6 Å². The van der Waals surface area contributed by atoms with E-state index in [1.165, 1.54) is 4.90 Å². The molecule has 6 nitrogen and oxygen atoms in total. The van der Waals surface area contributed by atoms with Crippen LogP contribution in [-0.4, -0.2) is 52.9 Å². The molecule has 1 aliphatic heterocycles. The summed E-state index contributed by atoms with van der Waals surface area (Å²) >= 11 is 0. The second-order valence-corrected chi connectivity index (χ2v) is 6.37. The van der Waals surface area contributed by atoms with E-state index in [1.807, 2.05) is 42.5 Å². The SMILES string of the molecule is COc1cccc(NC(=O)C[NH+]2CCN(c3ccccc3OC)CC2)c1. The Bertz CT molecular complexity index is 743. The third-order valence-electron chi connectivity index (χ3n) is 4.66. The van der Waals surface area contributed by atoms with Crippen molar-refractivity contribution in [3.8, 4) is 11.5 Å². The summed E-state index contributed by atoms with van der Waals surface area (Å²) in [6.07, 6.45) is 0. The van der Waals surface area contributed by atoms with Crippen LogP contribution in [0.25, 0.3) is 0 Å². The van der Waals surface area contributed by atoms with Gasteiger partial charge in [-0.1, -0.05) is 18.2 Å². The summed E-state index contributed by atoms with van der Waals surface area (Å²) < 4.78 is 10.6. The van der Waals surface area contributed by atoms with E-state index >= 15 is 0 Å². The van der Waals surface area contributed by atoms with E-state index in [0.717, 1.165) is 49.1 Å². The molecule has 6 heteroatoms. The smallest absolute Gasteiger partial charge is 0.279 e. The number of quaternary nitrogens is 1. The number of nitrogens with zero attached hydrogens (tertiary/aromatic N) is 1. The summed E-state index contributed by atoms with van der Waals surface area (Å²) in [5.74, 6) is 1.66. The van der Waals surface area contributed by atoms with Gasteiger partial charge in [-0.15, -0.1) is 0 Å². The summed E-state index contributed by atoms with van der Waals surface area (Å²) in [4.78, 5) is 15.9. The van der Waals surface area contributed by atoms with Crippen molar-refractivity contribution in [3.63, 3.8) is 0 Å². The fraction of sp³-hybridized carbons (Fsp3) is 0.350. The average Bonchev–Trinajstić information content (AvgIpc) is 2.68. The Morgan fingerprint density at radius 2 is 1.85 bits per heavy atom. The summed E-state index contributed by atoms with van der Waals surface area (Å²) in [5, 5.41) is 2.95. The van der Waals surface area contributed by atoms with Gasteiger partial charge >= 0.3 is 0 Å². The predicted octanol–water partition coefficient (Wildman–Crippen LogP) is 1.05. The standard InChI is InChI=1S/C20H25N3O3/c1-25-17-7-5-6-16(14-17)21-20(24)15-22-10-12-23(13-11-22)18-8-3-4-9-19(18)26-2/h3-9,14H,10-13,15H2,1-2H3,(H,21,24)/p+1. The lowest BCUT2D eigenvalue weighted by atomic mass is 10.2. The third kappa shape index (κ3) is 4.46. The Hall–Kier alpha value is -2.73. The Morgan fingerprint density at radius 3 is 2.58 bits per heavy atom. The van der Waals surface area contributed by atoms with E-state index < -0.39 is 0 Å². The Kier molecular flexibility index (Phi) is 5.96. The van der Waals surface area contributed by atoms with Crippen LogP contribution in [0.5, 0.6) is 11.5 Å². The second-order valence-electron chi connectivity index (χ2n) is 6.37. The van der Waals surface area contributed by atoms with E-state index in [0.29, 0.717) is 6.54 Å². The molecule has 1 fully saturated rings. The predicted molar refractivity (Wildman–Crippen MR) is 102 cm³/mol. The molecule has 26 heavy (non-hydrogen) atoms. The number of methoxy groups -OCH3 is 2. The van der Waals surface area contributed by atoms with E-state index in [9.17, 15) is 4.79 Å². The highest BCUT2D eigenvalue weighted by molar-refractivity contribution is 5.91. The molecule has 1 saturated heterocycles. The van der Waals surface area contributed by atoms with Crippen molar-refractivity contribution >= 4 is 17.3 Å². The van der Waals surface area contributed by atoms with Crippen LogP contribution >= 0.6 is 0 Å². The van der Waals surface area contributed by atoms with E-state index in [2.05, 4.69) is 16.3 Å². The fourth-order valence-corrected chi connectivity index (χ4v) is 3.26. The first-order valence-corrected chi connectivity index (χ1v) is 8.85. The van der Waals surface area contributed by atoms with Crippen LogP contribution in [0.4, 0.5) is 11.4 Å². The molecule has 0 aliphatic carbocycles. The first-order chi connectivity index (χ1) is 12.7. The molecule has 0 spiro atoms. The number of rotatable bonds is 6. The largest absolute Gasteiger partial charge is 0.497 e. The van der Waals surface area contributed by atoms with Gasteiger partial charge in [0.25, 0.3) is 5.91 Å². The normalized spacial score (nSPS) is 14.8. The van der Waals surface area contributed by atoms with Gasteiger partial charge in [-0.2, -0.15) is 0 Å². The molecule has 2 aromatic rings. The van der Waals surface area contributed by atoms with Crippen LogP contribution in [0.15, 0.2) is 48.5 Å². The number of ether oxygens (including phenoxy) is 2. The molecule has 1 amide bonds. The number of amides is 1. The maximum Gasteiger partial charge on any atom is 0.279 e. The van der Waals surface area contributed by atoms with Crippen molar-refractivity contribution in [1.29, 1.82) is 0 Å². The topological polar surface area (TPSA) is 55.2 Å². The Morgan fingerprint density at radius 1 is 1.08 bits per heavy atom. The van der Waals surface area contributed by atoms with Gasteiger partial charge in [0.2, 0.25) is 0 Å². The van der Waals surface area contributed by atoms with Gasteiger partial charge in [-0.3, -0.25) is 4.79 Å². The Balaban J connectivity index is 1.51. The molecular weight excluding hydrogens is 330 g/mol. The minimum atomic E-state index is 0.0268. The first kappa shape index (κ1) is 18.1.